The summed E-state index contributed by atoms with van der Waals surface area (Å²) >= 11 is 0. The molecule has 0 saturated carbocycles. The number of carbonyl (C=O) groups excluding carboxylic acids is 2. The number of carbonyl (C=O) groups is 2. The largest absolute Gasteiger partial charge is 0.390 e. The average Bonchev–Trinajstić information content (AvgIpc) is 3.59. The van der Waals surface area contributed by atoms with E-state index < -0.39 is 45.9 Å². The van der Waals surface area contributed by atoms with E-state index in [9.17, 15) is 24.0 Å². The Morgan fingerprint density at radius 2 is 1.04 bits per heavy atom. The van der Waals surface area contributed by atoms with Crippen LogP contribution in [0.2, 0.25) is 0 Å². The molecule has 9 heteroatoms. The molecule has 2 aliphatic carbocycles. The van der Waals surface area contributed by atoms with E-state index >= 15 is 0 Å². The second-order valence-electron chi connectivity index (χ2n) is 13.0. The number of hydrogen-bond acceptors (Lipinski definition) is 6. The predicted octanol–water partition coefficient (Wildman–Crippen LogP) is 4.35. The Morgan fingerprint density at radius 1 is 0.667 bits per heavy atom. The minimum absolute atomic E-state index is 0.0534. The van der Waals surface area contributed by atoms with Crippen molar-refractivity contribution in [2.45, 2.75) is 50.0 Å². The highest BCUT2D eigenvalue weighted by atomic mass is 32.2. The number of nitrogens with one attached hydrogen (secondary N) is 2. The number of hydrogen-bond donors (Lipinski definition) is 4. The van der Waals surface area contributed by atoms with Crippen molar-refractivity contribution in [1.29, 1.82) is 0 Å². The van der Waals surface area contributed by atoms with Crippen molar-refractivity contribution in [2.24, 2.45) is 16.2 Å². The Hall–Kier alpha value is -4.31. The molecule has 0 aromatic heterocycles. The van der Waals surface area contributed by atoms with E-state index in [1.807, 2.05) is 109 Å². The number of aliphatic hydroxyl groups excluding tert-OH is 2. The van der Waals surface area contributed by atoms with Gasteiger partial charge in [-0.2, -0.15) is 0 Å². The summed E-state index contributed by atoms with van der Waals surface area (Å²) in [6.07, 6.45) is 0.0104. The zero-order valence-corrected chi connectivity index (χ0v) is 27.9. The van der Waals surface area contributed by atoms with Gasteiger partial charge in [-0.1, -0.05) is 109 Å². The molecule has 0 radical (unpaired) electrons. The lowest BCUT2D eigenvalue weighted by Gasteiger charge is -2.26. The Morgan fingerprint density at radius 3 is 1.44 bits per heavy atom. The van der Waals surface area contributed by atoms with Crippen LogP contribution in [0.15, 0.2) is 114 Å². The van der Waals surface area contributed by atoms with E-state index in [2.05, 4.69) is 15.0 Å². The molecule has 4 aromatic carbocycles. The van der Waals surface area contributed by atoms with Crippen molar-refractivity contribution in [3.63, 3.8) is 0 Å². The molecule has 6 rings (SSSR count). The molecule has 0 saturated heterocycles. The smallest absolute Gasteiger partial charge is 0.224 e. The van der Waals surface area contributed by atoms with Crippen molar-refractivity contribution in [3.05, 3.63) is 143 Å². The third kappa shape index (κ3) is 7.70. The summed E-state index contributed by atoms with van der Waals surface area (Å²) in [4.78, 5) is 28.1. The van der Waals surface area contributed by atoms with Crippen molar-refractivity contribution in [3.8, 4) is 0 Å². The highest BCUT2D eigenvalue weighted by Crippen LogP contribution is 2.33. The fraction of sp³-hybridized carbons (Fsp3) is 0.333. The first-order chi connectivity index (χ1) is 23.2. The fourth-order valence-electron chi connectivity index (χ4n) is 7.14. The van der Waals surface area contributed by atoms with Gasteiger partial charge in [-0.15, -0.1) is 0 Å². The zero-order chi connectivity index (χ0) is 33.7. The van der Waals surface area contributed by atoms with Crippen molar-refractivity contribution >= 4 is 21.5 Å². The molecule has 2 amide bonds. The second kappa shape index (κ2) is 14.8. The number of fused-ring (bicyclic) bond motifs is 2. The van der Waals surface area contributed by atoms with Crippen LogP contribution in [0.5, 0.6) is 0 Å². The Bertz CT molecular complexity index is 1730. The number of benzene rings is 4. The molecule has 2 aliphatic rings. The molecule has 48 heavy (non-hydrogen) atoms. The van der Waals surface area contributed by atoms with Gasteiger partial charge in [0.15, 0.2) is 0 Å². The van der Waals surface area contributed by atoms with E-state index in [0.717, 1.165) is 33.4 Å². The molecule has 0 heterocycles. The van der Waals surface area contributed by atoms with Gasteiger partial charge in [-0.25, -0.2) is 8.57 Å². The van der Waals surface area contributed by atoms with Crippen LogP contribution < -0.4 is 10.6 Å². The highest BCUT2D eigenvalue weighted by molar-refractivity contribution is 7.93. The summed E-state index contributed by atoms with van der Waals surface area (Å²) in [5.74, 6) is -2.19. The Balaban J connectivity index is 1.26. The molecule has 0 unspecified atom stereocenters. The highest BCUT2D eigenvalue weighted by Gasteiger charge is 2.37. The lowest BCUT2D eigenvalue weighted by molar-refractivity contribution is -0.126. The molecule has 6 atom stereocenters. The summed E-state index contributed by atoms with van der Waals surface area (Å²) in [6, 6.07) is 33.4. The van der Waals surface area contributed by atoms with Crippen LogP contribution in [0.3, 0.4) is 0 Å². The number of aliphatic hydroxyl groups is 2. The van der Waals surface area contributed by atoms with Gasteiger partial charge < -0.3 is 20.8 Å². The molecular weight excluding hydrogens is 623 g/mol. The maximum atomic E-state index is 14.7. The Kier molecular flexibility index (Phi) is 10.4. The summed E-state index contributed by atoms with van der Waals surface area (Å²) in [5, 5.41) is 27.9. The van der Waals surface area contributed by atoms with Crippen molar-refractivity contribution < 1.29 is 24.0 Å². The molecule has 0 aliphatic heterocycles. The zero-order valence-electron chi connectivity index (χ0n) is 27.1. The average molecular weight is 666 g/mol. The van der Waals surface area contributed by atoms with Gasteiger partial charge in [-0.3, -0.25) is 9.59 Å². The molecule has 0 bridgehead atoms. The van der Waals surface area contributed by atoms with Crippen LogP contribution in [-0.2, 0) is 45.0 Å². The van der Waals surface area contributed by atoms with Crippen LogP contribution in [0.25, 0.3) is 0 Å². The monoisotopic (exact) mass is 665 g/mol. The molecule has 0 fully saturated rings. The molecule has 4 aromatic rings. The van der Waals surface area contributed by atoms with Crippen LogP contribution in [0.4, 0.5) is 0 Å². The maximum Gasteiger partial charge on any atom is 0.224 e. The van der Waals surface area contributed by atoms with Crippen molar-refractivity contribution in [2.75, 3.05) is 18.6 Å². The van der Waals surface area contributed by atoms with Gasteiger partial charge in [0.25, 0.3) is 0 Å². The predicted molar refractivity (Wildman–Crippen MR) is 188 cm³/mol. The number of nitrogens with zero attached hydrogens (tertiary/aromatic N) is 1. The summed E-state index contributed by atoms with van der Waals surface area (Å²) in [6.45, 7) is 0. The number of amides is 2. The molecule has 250 valence electrons. The summed E-state index contributed by atoms with van der Waals surface area (Å²) in [5.41, 5.74) is 5.57. The van der Waals surface area contributed by atoms with E-state index in [1.54, 1.807) is 0 Å². The third-order valence-corrected chi connectivity index (χ3v) is 12.2. The lowest BCUT2D eigenvalue weighted by Crippen LogP contribution is -2.43. The van der Waals surface area contributed by atoms with E-state index in [1.165, 1.54) is 7.05 Å². The van der Waals surface area contributed by atoms with Gasteiger partial charge in [0, 0.05) is 41.1 Å². The fourth-order valence-corrected chi connectivity index (χ4v) is 9.37. The van der Waals surface area contributed by atoms with Crippen molar-refractivity contribution in [1.82, 2.24) is 10.6 Å². The second-order valence-corrected chi connectivity index (χ2v) is 15.6. The van der Waals surface area contributed by atoms with Crippen LogP contribution in [0, 0.1) is 11.8 Å². The van der Waals surface area contributed by atoms with E-state index in [0.29, 0.717) is 25.7 Å². The van der Waals surface area contributed by atoms with Gasteiger partial charge in [0.2, 0.25) is 11.8 Å². The van der Waals surface area contributed by atoms with Gasteiger partial charge >= 0.3 is 0 Å². The van der Waals surface area contributed by atoms with Gasteiger partial charge in [0.1, 0.15) is 0 Å². The van der Waals surface area contributed by atoms with Crippen LogP contribution >= 0.6 is 0 Å². The molecular formula is C39H43N3O5S. The minimum atomic E-state index is -3.09. The Labute approximate surface area is 282 Å². The first kappa shape index (κ1) is 33.6. The first-order valence-electron chi connectivity index (χ1n) is 16.5. The van der Waals surface area contributed by atoms with Gasteiger partial charge in [0.05, 0.1) is 36.1 Å². The minimum Gasteiger partial charge on any atom is -0.390 e. The van der Waals surface area contributed by atoms with Gasteiger partial charge in [-0.05, 0) is 46.2 Å². The molecule has 4 N–H and O–H groups in total. The third-order valence-electron chi connectivity index (χ3n) is 9.65. The quantitative estimate of drug-likeness (QED) is 0.179. The maximum absolute atomic E-state index is 14.7. The molecule has 0 spiro atoms. The number of rotatable bonds is 12. The van der Waals surface area contributed by atoms with Crippen LogP contribution in [-0.4, -0.2) is 57.0 Å². The van der Waals surface area contributed by atoms with E-state index in [4.69, 9.17) is 0 Å². The summed E-state index contributed by atoms with van der Waals surface area (Å²) in [7, 11) is -1.60. The SMILES string of the molecule is CN=S(=O)(C[C@@H](Cc1ccccc1)C(=O)N[C@H]1c2ccccc2C[C@H]1O)C[C@@H](Cc1ccccc1)C(=O)N[C@H]1c2ccccc2C[C@H]1O. The first-order valence-corrected chi connectivity index (χ1v) is 18.4. The molecule has 8 nitrogen and oxygen atoms in total. The van der Waals surface area contributed by atoms with Crippen LogP contribution in [0.1, 0.15) is 45.5 Å². The topological polar surface area (TPSA) is 128 Å². The summed E-state index contributed by atoms with van der Waals surface area (Å²) < 4.78 is 19.1. The lowest BCUT2D eigenvalue weighted by atomic mass is 9.98. The van der Waals surface area contributed by atoms with E-state index in [-0.39, 0.29) is 23.3 Å². The standard InChI is InChI=1S/C39H43N3O5S/c1-40-48(47,24-30(20-26-12-4-2-5-13-26)38(45)41-36-32-18-10-8-16-28(32)22-34(36)43)25-31(21-27-14-6-3-7-15-27)39(46)42-37-33-19-11-9-17-29(33)23-35(37)44/h2-19,30-31,34-37,43-44H,20-25H2,1H3,(H,41,45)(H,42,46)/t30-,31-,34-,35-,36+,37+/m1/s1. The normalized spacial score (nSPS) is 21.1.